The normalized spacial score (nSPS) is 17.3. The summed E-state index contributed by atoms with van der Waals surface area (Å²) in [5, 5.41) is 2.98. The van der Waals surface area contributed by atoms with Gasteiger partial charge in [0.05, 0.1) is 10.7 Å². The van der Waals surface area contributed by atoms with Gasteiger partial charge in [0.15, 0.2) is 0 Å². The van der Waals surface area contributed by atoms with Crippen LogP contribution in [0.1, 0.15) is 39.9 Å². The first kappa shape index (κ1) is 14.6. The Morgan fingerprint density at radius 3 is 2.83 bits per heavy atom. The molecule has 1 aliphatic carbocycles. The molecule has 0 spiro atoms. The molecule has 2 heterocycles. The van der Waals surface area contributed by atoms with E-state index in [-0.39, 0.29) is 5.82 Å². The Hall–Kier alpha value is -2.01. The highest BCUT2D eigenvalue weighted by molar-refractivity contribution is 7.09. The van der Waals surface area contributed by atoms with Crippen molar-refractivity contribution in [3.8, 4) is 11.6 Å². The van der Waals surface area contributed by atoms with Crippen LogP contribution in [0.4, 0.5) is 4.39 Å². The monoisotopic (exact) mass is 328 g/mol. The zero-order valence-electron chi connectivity index (χ0n) is 13.1. The summed E-state index contributed by atoms with van der Waals surface area (Å²) in [5.74, 6) is 1.70. The van der Waals surface area contributed by atoms with Crippen LogP contribution in [0.2, 0.25) is 0 Å². The summed E-state index contributed by atoms with van der Waals surface area (Å²) >= 11 is 1.59. The van der Waals surface area contributed by atoms with E-state index in [0.717, 1.165) is 52.5 Å². The third-order valence-electron chi connectivity index (χ3n) is 4.31. The van der Waals surface area contributed by atoms with Crippen molar-refractivity contribution >= 4 is 11.3 Å². The second-order valence-electron chi connectivity index (χ2n) is 6.14. The molecule has 1 aromatic carbocycles. The molecule has 0 aliphatic heterocycles. The Bertz CT molecular complexity index is 848. The molecule has 3 aromatic rings. The molecule has 0 saturated carbocycles. The Labute approximate surface area is 138 Å². The predicted octanol–water partition coefficient (Wildman–Crippen LogP) is 4.83. The van der Waals surface area contributed by atoms with Crippen LogP contribution in [0, 0.1) is 19.7 Å². The second-order valence-corrected chi connectivity index (χ2v) is 7.20. The van der Waals surface area contributed by atoms with E-state index in [1.165, 1.54) is 0 Å². The zero-order chi connectivity index (χ0) is 16.0. The number of benzene rings is 1. The minimum atomic E-state index is -0.162. The maximum absolute atomic E-state index is 13.7. The number of rotatable bonds is 2. The number of nitrogens with zero attached hydrogens (tertiary/aromatic N) is 2. The van der Waals surface area contributed by atoms with Crippen molar-refractivity contribution in [3.05, 3.63) is 57.0 Å². The fraction of sp³-hybridized carbons (Fsp3) is 0.333. The van der Waals surface area contributed by atoms with Crippen LogP contribution in [-0.2, 0) is 12.8 Å². The highest BCUT2D eigenvalue weighted by atomic mass is 32.1. The van der Waals surface area contributed by atoms with E-state index in [4.69, 9.17) is 4.42 Å². The van der Waals surface area contributed by atoms with Crippen molar-refractivity contribution in [2.75, 3.05) is 0 Å². The molecule has 5 heteroatoms. The van der Waals surface area contributed by atoms with E-state index in [2.05, 4.69) is 16.0 Å². The van der Waals surface area contributed by atoms with Gasteiger partial charge in [-0.05, 0) is 49.4 Å². The molecule has 23 heavy (non-hydrogen) atoms. The third kappa shape index (κ3) is 2.81. The van der Waals surface area contributed by atoms with Crippen molar-refractivity contribution in [1.82, 2.24) is 9.97 Å². The molecular weight excluding hydrogens is 311 g/mol. The van der Waals surface area contributed by atoms with Crippen LogP contribution >= 0.6 is 11.3 Å². The first-order valence-electron chi connectivity index (χ1n) is 7.76. The van der Waals surface area contributed by atoms with Gasteiger partial charge in [-0.1, -0.05) is 6.07 Å². The summed E-state index contributed by atoms with van der Waals surface area (Å²) < 4.78 is 19.6. The van der Waals surface area contributed by atoms with Gasteiger partial charge in [-0.3, -0.25) is 0 Å². The van der Waals surface area contributed by atoms with E-state index in [1.54, 1.807) is 23.5 Å². The fourth-order valence-electron chi connectivity index (χ4n) is 3.23. The molecule has 3 nitrogen and oxygen atoms in total. The second kappa shape index (κ2) is 5.57. The minimum absolute atomic E-state index is 0.162. The molecule has 0 saturated heterocycles. The Morgan fingerprint density at radius 1 is 1.22 bits per heavy atom. The van der Waals surface area contributed by atoms with Gasteiger partial charge >= 0.3 is 0 Å². The van der Waals surface area contributed by atoms with Gasteiger partial charge in [0.2, 0.25) is 5.89 Å². The van der Waals surface area contributed by atoms with E-state index < -0.39 is 0 Å². The first-order valence-corrected chi connectivity index (χ1v) is 8.64. The molecule has 4 rings (SSSR count). The number of halogens is 1. The molecule has 0 bridgehead atoms. The third-order valence-corrected chi connectivity index (χ3v) is 5.09. The average molecular weight is 328 g/mol. The van der Waals surface area contributed by atoms with Crippen LogP contribution in [0.25, 0.3) is 11.6 Å². The van der Waals surface area contributed by atoms with E-state index in [9.17, 15) is 4.39 Å². The van der Waals surface area contributed by atoms with E-state index >= 15 is 0 Å². The van der Waals surface area contributed by atoms with Crippen molar-refractivity contribution in [3.63, 3.8) is 0 Å². The van der Waals surface area contributed by atoms with Crippen LogP contribution in [-0.4, -0.2) is 9.97 Å². The van der Waals surface area contributed by atoms with Crippen LogP contribution in [0.3, 0.4) is 0 Å². The van der Waals surface area contributed by atoms with Gasteiger partial charge in [0.1, 0.15) is 17.3 Å². The Balaban J connectivity index is 1.63. The lowest BCUT2D eigenvalue weighted by Gasteiger charge is -2.21. The molecule has 1 unspecified atom stereocenters. The van der Waals surface area contributed by atoms with Crippen molar-refractivity contribution in [1.29, 1.82) is 0 Å². The quantitative estimate of drug-likeness (QED) is 0.676. The van der Waals surface area contributed by atoms with Crippen molar-refractivity contribution in [2.45, 2.75) is 39.0 Å². The maximum Gasteiger partial charge on any atom is 0.246 e. The number of aryl methyl sites for hydroxylation is 3. The molecule has 0 radical (unpaired) electrons. The number of oxazole rings is 1. The lowest BCUT2D eigenvalue weighted by Crippen LogP contribution is -2.12. The lowest BCUT2D eigenvalue weighted by atomic mass is 9.84. The number of hydrogen-bond acceptors (Lipinski definition) is 4. The topological polar surface area (TPSA) is 38.9 Å². The Kier molecular flexibility index (Phi) is 3.53. The van der Waals surface area contributed by atoms with Gasteiger partial charge in [-0.25, -0.2) is 14.4 Å². The van der Waals surface area contributed by atoms with E-state index in [1.807, 2.05) is 19.2 Å². The SMILES string of the molecule is Cc1cc(F)cc(C2CCc3oc(-c4csc(C)n4)nc3C2)c1. The smallest absolute Gasteiger partial charge is 0.246 e. The summed E-state index contributed by atoms with van der Waals surface area (Å²) in [6.45, 7) is 3.90. The average Bonchev–Trinajstić information content (AvgIpc) is 3.11. The fourth-order valence-corrected chi connectivity index (χ4v) is 3.82. The summed E-state index contributed by atoms with van der Waals surface area (Å²) in [7, 11) is 0. The molecule has 118 valence electrons. The highest BCUT2D eigenvalue weighted by Crippen LogP contribution is 2.35. The van der Waals surface area contributed by atoms with Crippen molar-refractivity contribution in [2.24, 2.45) is 0 Å². The van der Waals surface area contributed by atoms with Gasteiger partial charge in [-0.15, -0.1) is 11.3 Å². The molecule has 1 atom stereocenters. The minimum Gasteiger partial charge on any atom is -0.440 e. The lowest BCUT2D eigenvalue weighted by molar-refractivity contribution is 0.463. The summed E-state index contributed by atoms with van der Waals surface area (Å²) in [6, 6.07) is 5.29. The number of hydrogen-bond donors (Lipinski definition) is 0. The standard InChI is InChI=1S/C18H17FN2OS/c1-10-5-13(7-14(19)6-10)12-3-4-17-15(8-12)21-18(22-17)16-9-23-11(2)20-16/h5-7,9,12H,3-4,8H2,1-2H3. The van der Waals surface area contributed by atoms with Gasteiger partial charge in [0.25, 0.3) is 0 Å². The zero-order valence-corrected chi connectivity index (χ0v) is 13.9. The number of thiazole rings is 1. The first-order chi connectivity index (χ1) is 11.1. The molecule has 0 amide bonds. The van der Waals surface area contributed by atoms with Crippen LogP contribution in [0.15, 0.2) is 28.0 Å². The highest BCUT2D eigenvalue weighted by Gasteiger charge is 2.26. The molecule has 0 N–H and O–H groups in total. The molecule has 1 aliphatic rings. The van der Waals surface area contributed by atoms with Gasteiger partial charge in [-0.2, -0.15) is 0 Å². The molecule has 2 aromatic heterocycles. The summed E-state index contributed by atoms with van der Waals surface area (Å²) in [6.07, 6.45) is 2.59. The number of fused-ring (bicyclic) bond motifs is 1. The Morgan fingerprint density at radius 2 is 2.09 bits per heavy atom. The molecular formula is C18H17FN2OS. The van der Waals surface area contributed by atoms with Crippen LogP contribution in [0.5, 0.6) is 0 Å². The van der Waals surface area contributed by atoms with Gasteiger partial charge in [0, 0.05) is 18.2 Å². The summed E-state index contributed by atoms with van der Waals surface area (Å²) in [5.41, 5.74) is 3.82. The largest absolute Gasteiger partial charge is 0.440 e. The maximum atomic E-state index is 13.7. The van der Waals surface area contributed by atoms with Crippen LogP contribution < -0.4 is 0 Å². The summed E-state index contributed by atoms with van der Waals surface area (Å²) in [4.78, 5) is 9.08. The van der Waals surface area contributed by atoms with Crippen molar-refractivity contribution < 1.29 is 8.81 Å². The number of aromatic nitrogens is 2. The molecule has 0 fully saturated rings. The van der Waals surface area contributed by atoms with E-state index in [0.29, 0.717) is 11.8 Å². The predicted molar refractivity (Wildman–Crippen MR) is 88.3 cm³/mol. The van der Waals surface area contributed by atoms with Gasteiger partial charge < -0.3 is 4.42 Å².